The summed E-state index contributed by atoms with van der Waals surface area (Å²) in [5, 5.41) is 9.05. The summed E-state index contributed by atoms with van der Waals surface area (Å²) in [6.07, 6.45) is 0. The van der Waals surface area contributed by atoms with Gasteiger partial charge in [-0.1, -0.05) is 23.7 Å². The molecule has 2 atom stereocenters. The quantitative estimate of drug-likeness (QED) is 0.498. The first kappa shape index (κ1) is 27.9. The van der Waals surface area contributed by atoms with Gasteiger partial charge in [-0.3, -0.25) is 19.2 Å². The van der Waals surface area contributed by atoms with Crippen LogP contribution in [0.15, 0.2) is 42.5 Å². The second kappa shape index (κ2) is 12.0. The van der Waals surface area contributed by atoms with Gasteiger partial charge in [0.1, 0.15) is 18.2 Å². The lowest BCUT2D eigenvalue weighted by Gasteiger charge is -2.44. The SMILES string of the molecule is C[C@@H]1CN(Cc2ccc(F)cc2)[C@@H](C)CN1C(=O)COc1ccc(Cl)cc1CS(=O)(=O)NC(=O)CO. The van der Waals surface area contributed by atoms with Crippen LogP contribution in [-0.4, -0.2) is 73.5 Å². The van der Waals surface area contributed by atoms with Crippen molar-refractivity contribution in [2.45, 2.75) is 38.2 Å². The van der Waals surface area contributed by atoms with Crippen molar-refractivity contribution in [1.82, 2.24) is 14.5 Å². The number of nitrogens with one attached hydrogen (secondary N) is 1. The molecule has 12 heteroatoms. The zero-order chi connectivity index (χ0) is 26.5. The summed E-state index contributed by atoms with van der Waals surface area (Å²) < 4.78 is 45.1. The van der Waals surface area contributed by atoms with E-state index in [0.29, 0.717) is 19.6 Å². The van der Waals surface area contributed by atoms with E-state index in [1.165, 1.54) is 30.3 Å². The predicted molar refractivity (Wildman–Crippen MR) is 132 cm³/mol. The Hall–Kier alpha value is -2.73. The highest BCUT2D eigenvalue weighted by atomic mass is 35.5. The summed E-state index contributed by atoms with van der Waals surface area (Å²) >= 11 is 6.00. The van der Waals surface area contributed by atoms with E-state index in [0.717, 1.165) is 5.56 Å². The summed E-state index contributed by atoms with van der Waals surface area (Å²) in [6.45, 7) is 4.40. The van der Waals surface area contributed by atoms with Crippen LogP contribution in [0.3, 0.4) is 0 Å². The molecule has 0 aromatic heterocycles. The maximum atomic E-state index is 13.2. The molecular weight excluding hydrogens is 513 g/mol. The van der Waals surface area contributed by atoms with Crippen LogP contribution < -0.4 is 9.46 Å². The van der Waals surface area contributed by atoms with Gasteiger partial charge in [-0.05, 0) is 49.7 Å². The minimum absolute atomic E-state index is 0.0570. The van der Waals surface area contributed by atoms with Gasteiger partial charge in [-0.15, -0.1) is 0 Å². The second-order valence-corrected chi connectivity index (χ2v) is 10.9. The topological polar surface area (TPSA) is 116 Å². The fourth-order valence-corrected chi connectivity index (χ4v) is 5.37. The van der Waals surface area contributed by atoms with Crippen molar-refractivity contribution in [3.63, 3.8) is 0 Å². The number of hydrogen-bond donors (Lipinski definition) is 2. The van der Waals surface area contributed by atoms with Gasteiger partial charge in [0.05, 0.1) is 5.75 Å². The molecule has 1 aliphatic rings. The van der Waals surface area contributed by atoms with Gasteiger partial charge in [0.2, 0.25) is 10.0 Å². The van der Waals surface area contributed by atoms with Crippen LogP contribution in [0.4, 0.5) is 4.39 Å². The number of ether oxygens (including phenoxy) is 1. The molecule has 2 aromatic carbocycles. The van der Waals surface area contributed by atoms with Crippen molar-refractivity contribution in [2.24, 2.45) is 0 Å². The molecule has 0 unspecified atom stereocenters. The lowest BCUT2D eigenvalue weighted by Crippen LogP contribution is -2.58. The first-order valence-electron chi connectivity index (χ1n) is 11.3. The third-order valence-electron chi connectivity index (χ3n) is 5.87. The summed E-state index contributed by atoms with van der Waals surface area (Å²) in [6, 6.07) is 10.6. The Morgan fingerprint density at radius 2 is 1.83 bits per heavy atom. The van der Waals surface area contributed by atoms with E-state index in [1.807, 2.05) is 13.8 Å². The highest BCUT2D eigenvalue weighted by Gasteiger charge is 2.32. The summed E-state index contributed by atoms with van der Waals surface area (Å²) in [5.41, 5.74) is 1.15. The summed E-state index contributed by atoms with van der Waals surface area (Å²) in [4.78, 5) is 28.2. The van der Waals surface area contributed by atoms with Crippen molar-refractivity contribution < 1.29 is 32.2 Å². The number of nitrogens with zero attached hydrogens (tertiary/aromatic N) is 2. The molecule has 1 fully saturated rings. The van der Waals surface area contributed by atoms with E-state index < -0.39 is 28.3 Å². The zero-order valence-electron chi connectivity index (χ0n) is 20.0. The number of rotatable bonds is 9. The van der Waals surface area contributed by atoms with E-state index in [2.05, 4.69) is 4.90 Å². The van der Waals surface area contributed by atoms with E-state index in [1.54, 1.807) is 21.8 Å². The van der Waals surface area contributed by atoms with Gasteiger partial charge < -0.3 is 14.7 Å². The largest absolute Gasteiger partial charge is 0.483 e. The number of benzene rings is 2. The number of sulfonamides is 1. The van der Waals surface area contributed by atoms with Crippen molar-refractivity contribution in [3.05, 3.63) is 64.4 Å². The number of piperazine rings is 1. The zero-order valence-corrected chi connectivity index (χ0v) is 21.6. The van der Waals surface area contributed by atoms with E-state index in [4.69, 9.17) is 21.4 Å². The molecule has 3 rings (SSSR count). The Morgan fingerprint density at radius 3 is 2.50 bits per heavy atom. The minimum atomic E-state index is -4.11. The Balaban J connectivity index is 1.62. The lowest BCUT2D eigenvalue weighted by molar-refractivity contribution is -0.139. The van der Waals surface area contributed by atoms with Crippen LogP contribution in [0, 0.1) is 5.82 Å². The number of hydrogen-bond acceptors (Lipinski definition) is 7. The average Bonchev–Trinajstić information content (AvgIpc) is 2.81. The Morgan fingerprint density at radius 1 is 1.14 bits per heavy atom. The maximum Gasteiger partial charge on any atom is 0.260 e. The third-order valence-corrected chi connectivity index (χ3v) is 7.33. The van der Waals surface area contributed by atoms with Crippen molar-refractivity contribution in [3.8, 4) is 5.75 Å². The Kier molecular flexibility index (Phi) is 9.29. The molecule has 0 saturated carbocycles. The summed E-state index contributed by atoms with van der Waals surface area (Å²) in [7, 11) is -4.11. The molecule has 0 aliphatic carbocycles. The molecule has 2 aromatic rings. The van der Waals surface area contributed by atoms with Crippen LogP contribution in [0.2, 0.25) is 5.02 Å². The molecule has 0 bridgehead atoms. The fourth-order valence-electron chi connectivity index (χ4n) is 4.06. The standard InChI is InChI=1S/C24H29ClFN3O6S/c1-16-11-29(17(2)10-28(16)12-18-3-6-21(26)7-4-18)24(32)14-35-22-8-5-20(25)9-19(22)15-36(33,34)27-23(31)13-30/h3-9,16-17,30H,10-15H2,1-2H3,(H,27,31)/t16-,17+/m0/s1. The Bertz CT molecular complexity index is 1190. The molecule has 196 valence electrons. The van der Waals surface area contributed by atoms with Crippen LogP contribution in [0.25, 0.3) is 0 Å². The molecule has 0 spiro atoms. The first-order chi connectivity index (χ1) is 17.0. The summed E-state index contributed by atoms with van der Waals surface area (Å²) in [5.74, 6) is -2.08. The number of amides is 2. The lowest BCUT2D eigenvalue weighted by atomic mass is 10.1. The monoisotopic (exact) mass is 541 g/mol. The molecule has 0 radical (unpaired) electrons. The fraction of sp³-hybridized carbons (Fsp3) is 0.417. The highest BCUT2D eigenvalue weighted by Crippen LogP contribution is 2.25. The normalized spacial score (nSPS) is 18.6. The molecule has 2 N–H and O–H groups in total. The van der Waals surface area contributed by atoms with E-state index >= 15 is 0 Å². The number of carbonyl (C=O) groups is 2. The van der Waals surface area contributed by atoms with Gasteiger partial charge >= 0.3 is 0 Å². The molecular formula is C24H29ClFN3O6S. The van der Waals surface area contributed by atoms with Gasteiger partial charge in [0.15, 0.2) is 6.61 Å². The predicted octanol–water partition coefficient (Wildman–Crippen LogP) is 1.92. The number of aliphatic hydroxyl groups excluding tert-OH is 1. The smallest absolute Gasteiger partial charge is 0.260 e. The van der Waals surface area contributed by atoms with Crippen LogP contribution in [0.5, 0.6) is 5.75 Å². The van der Waals surface area contributed by atoms with Crippen molar-refractivity contribution >= 4 is 33.4 Å². The number of carbonyl (C=O) groups excluding carboxylic acids is 2. The van der Waals surface area contributed by atoms with Crippen LogP contribution in [-0.2, 0) is 31.9 Å². The van der Waals surface area contributed by atoms with Crippen LogP contribution in [0.1, 0.15) is 25.0 Å². The third kappa shape index (κ3) is 7.63. The van der Waals surface area contributed by atoms with Gasteiger partial charge in [0.25, 0.3) is 11.8 Å². The average molecular weight is 542 g/mol. The van der Waals surface area contributed by atoms with Gasteiger partial charge in [-0.2, -0.15) is 0 Å². The van der Waals surface area contributed by atoms with Crippen molar-refractivity contribution in [1.29, 1.82) is 0 Å². The maximum absolute atomic E-state index is 13.2. The molecule has 36 heavy (non-hydrogen) atoms. The highest BCUT2D eigenvalue weighted by molar-refractivity contribution is 7.89. The number of halogens is 2. The second-order valence-electron chi connectivity index (χ2n) is 8.78. The molecule has 9 nitrogen and oxygen atoms in total. The van der Waals surface area contributed by atoms with Gasteiger partial charge in [0, 0.05) is 42.3 Å². The Labute approximate surface area is 214 Å². The molecule has 1 heterocycles. The van der Waals surface area contributed by atoms with Crippen molar-refractivity contribution in [2.75, 3.05) is 26.3 Å². The first-order valence-corrected chi connectivity index (χ1v) is 13.3. The molecule has 1 aliphatic heterocycles. The minimum Gasteiger partial charge on any atom is -0.483 e. The molecule has 2 amide bonds. The van der Waals surface area contributed by atoms with E-state index in [9.17, 15) is 22.4 Å². The van der Waals surface area contributed by atoms with Gasteiger partial charge in [-0.25, -0.2) is 12.8 Å². The van der Waals surface area contributed by atoms with E-state index in [-0.39, 0.29) is 46.8 Å². The molecule has 1 saturated heterocycles. The number of aliphatic hydroxyl groups is 1. The van der Waals surface area contributed by atoms with Crippen LogP contribution >= 0.6 is 11.6 Å².